The summed E-state index contributed by atoms with van der Waals surface area (Å²) in [5.41, 5.74) is 0.892. The molecule has 3 aromatic rings. The van der Waals surface area contributed by atoms with E-state index in [4.69, 9.17) is 4.74 Å². The Labute approximate surface area is 128 Å². The normalized spacial score (nSPS) is 18.7. The first kappa shape index (κ1) is 13.5. The van der Waals surface area contributed by atoms with Gasteiger partial charge in [-0.3, -0.25) is 4.79 Å². The lowest BCUT2D eigenvalue weighted by Gasteiger charge is -2.24. The summed E-state index contributed by atoms with van der Waals surface area (Å²) in [7, 11) is 0. The summed E-state index contributed by atoms with van der Waals surface area (Å²) in [5.74, 6) is 0. The molecule has 0 saturated heterocycles. The second kappa shape index (κ2) is 3.96. The molecule has 0 N–H and O–H groups in total. The quantitative estimate of drug-likeness (QED) is 0.597. The summed E-state index contributed by atoms with van der Waals surface area (Å²) >= 11 is 0. The maximum atomic E-state index is 12.7. The fourth-order valence-corrected chi connectivity index (χ4v) is 3.74. The first-order valence-electron chi connectivity index (χ1n) is 7.46. The molecule has 3 heterocycles. The van der Waals surface area contributed by atoms with Crippen LogP contribution >= 0.6 is 0 Å². The molecule has 0 aliphatic carbocycles. The number of rotatable bonds is 0. The molecule has 0 spiro atoms. The van der Waals surface area contributed by atoms with E-state index in [1.165, 1.54) is 0 Å². The van der Waals surface area contributed by atoms with Gasteiger partial charge in [-0.1, -0.05) is 24.3 Å². The molecule has 1 aliphatic rings. The minimum absolute atomic E-state index is 0.193. The van der Waals surface area contributed by atoms with Crippen molar-refractivity contribution in [3.63, 3.8) is 0 Å². The smallest absolute Gasteiger partial charge is 0.279 e. The molecule has 4 heteroatoms. The standard InChI is InChI=1S/C18H18N2O2/c1-17(2)13-14(18(3,4)22-17)20-10-9-11-7-5-6-8-12(11)15(20)19-16(13)21/h5-10H,1-4H3. The second-order valence-corrected chi connectivity index (χ2v) is 6.86. The van der Waals surface area contributed by atoms with Gasteiger partial charge >= 0.3 is 0 Å². The zero-order valence-electron chi connectivity index (χ0n) is 13.2. The van der Waals surface area contributed by atoms with E-state index in [2.05, 4.69) is 11.1 Å². The molecule has 0 unspecified atom stereocenters. The van der Waals surface area contributed by atoms with Crippen molar-refractivity contribution in [1.82, 2.24) is 9.38 Å². The first-order chi connectivity index (χ1) is 10.3. The Morgan fingerprint density at radius 1 is 1.05 bits per heavy atom. The molecule has 0 fully saturated rings. The van der Waals surface area contributed by atoms with Crippen LogP contribution in [0.3, 0.4) is 0 Å². The highest BCUT2D eigenvalue weighted by Gasteiger charge is 2.47. The van der Waals surface area contributed by atoms with Crippen LogP contribution in [0.4, 0.5) is 0 Å². The van der Waals surface area contributed by atoms with Crippen LogP contribution in [0, 0.1) is 0 Å². The Hall–Kier alpha value is -2.20. The Kier molecular flexibility index (Phi) is 2.42. The molecule has 2 aromatic heterocycles. The van der Waals surface area contributed by atoms with Crippen LogP contribution in [-0.4, -0.2) is 9.38 Å². The summed E-state index contributed by atoms with van der Waals surface area (Å²) in [4.78, 5) is 17.0. The lowest BCUT2D eigenvalue weighted by Crippen LogP contribution is -2.26. The van der Waals surface area contributed by atoms with Crippen molar-refractivity contribution in [3.8, 4) is 0 Å². The van der Waals surface area contributed by atoms with Gasteiger partial charge in [-0.05, 0) is 39.1 Å². The van der Waals surface area contributed by atoms with Gasteiger partial charge in [-0.25, -0.2) is 0 Å². The highest BCUT2D eigenvalue weighted by atomic mass is 16.5. The van der Waals surface area contributed by atoms with Gasteiger partial charge in [0.1, 0.15) is 11.2 Å². The predicted octanol–water partition coefficient (Wildman–Crippen LogP) is 3.35. The molecular weight excluding hydrogens is 276 g/mol. The molecule has 22 heavy (non-hydrogen) atoms. The maximum Gasteiger partial charge on any atom is 0.279 e. The molecule has 0 radical (unpaired) electrons. The molecule has 0 bridgehead atoms. The average Bonchev–Trinajstić information content (AvgIpc) is 2.64. The number of pyridine rings is 1. The minimum Gasteiger partial charge on any atom is -0.358 e. The third-order valence-corrected chi connectivity index (χ3v) is 4.41. The van der Waals surface area contributed by atoms with E-state index in [-0.39, 0.29) is 5.56 Å². The number of fused-ring (bicyclic) bond motifs is 5. The average molecular weight is 294 g/mol. The molecule has 0 amide bonds. The van der Waals surface area contributed by atoms with E-state index in [9.17, 15) is 4.79 Å². The molecular formula is C18H18N2O2. The van der Waals surface area contributed by atoms with Gasteiger partial charge in [0.2, 0.25) is 0 Å². The lowest BCUT2D eigenvalue weighted by atomic mass is 9.96. The van der Waals surface area contributed by atoms with Crippen LogP contribution < -0.4 is 5.56 Å². The Balaban J connectivity index is 2.27. The Bertz CT molecular complexity index is 983. The van der Waals surface area contributed by atoms with E-state index in [0.29, 0.717) is 11.2 Å². The van der Waals surface area contributed by atoms with Gasteiger partial charge in [0.25, 0.3) is 5.56 Å². The summed E-state index contributed by atoms with van der Waals surface area (Å²) in [6.45, 7) is 7.86. The highest BCUT2D eigenvalue weighted by molar-refractivity contribution is 5.93. The molecule has 0 atom stereocenters. The van der Waals surface area contributed by atoms with E-state index in [0.717, 1.165) is 16.5 Å². The van der Waals surface area contributed by atoms with Crippen molar-refractivity contribution < 1.29 is 4.74 Å². The third kappa shape index (κ3) is 1.61. The van der Waals surface area contributed by atoms with Crippen molar-refractivity contribution in [1.29, 1.82) is 0 Å². The fraction of sp³-hybridized carbons (Fsp3) is 0.333. The largest absolute Gasteiger partial charge is 0.358 e. The molecule has 1 aromatic carbocycles. The Morgan fingerprint density at radius 2 is 1.77 bits per heavy atom. The zero-order chi connectivity index (χ0) is 15.7. The number of nitrogens with zero attached hydrogens (tertiary/aromatic N) is 2. The van der Waals surface area contributed by atoms with Crippen molar-refractivity contribution in [2.45, 2.75) is 38.9 Å². The van der Waals surface area contributed by atoms with Crippen molar-refractivity contribution >= 4 is 16.4 Å². The van der Waals surface area contributed by atoms with Crippen LogP contribution in [0.5, 0.6) is 0 Å². The summed E-state index contributed by atoms with van der Waals surface area (Å²) in [6, 6.07) is 10.0. The minimum atomic E-state index is -0.629. The second-order valence-electron chi connectivity index (χ2n) is 6.86. The maximum absolute atomic E-state index is 12.7. The molecule has 4 rings (SSSR count). The van der Waals surface area contributed by atoms with Gasteiger partial charge in [-0.15, -0.1) is 0 Å². The molecule has 0 saturated carbocycles. The van der Waals surface area contributed by atoms with E-state index < -0.39 is 11.2 Å². The number of benzene rings is 1. The van der Waals surface area contributed by atoms with Crippen molar-refractivity contribution in [3.05, 3.63) is 58.1 Å². The summed E-state index contributed by atoms with van der Waals surface area (Å²) in [6.07, 6.45) is 1.98. The van der Waals surface area contributed by atoms with E-state index in [1.54, 1.807) is 0 Å². The number of ether oxygens (including phenoxy) is 1. The number of hydrogen-bond acceptors (Lipinski definition) is 3. The van der Waals surface area contributed by atoms with Crippen LogP contribution in [0.15, 0.2) is 41.3 Å². The molecule has 1 aliphatic heterocycles. The Morgan fingerprint density at radius 3 is 2.55 bits per heavy atom. The van der Waals surface area contributed by atoms with Crippen LogP contribution in [0.2, 0.25) is 0 Å². The van der Waals surface area contributed by atoms with Crippen LogP contribution in [0.25, 0.3) is 16.4 Å². The van der Waals surface area contributed by atoms with Gasteiger partial charge in [0.05, 0.1) is 16.9 Å². The predicted molar refractivity (Wildman–Crippen MR) is 86.1 cm³/mol. The summed E-state index contributed by atoms with van der Waals surface area (Å²) < 4.78 is 8.15. The van der Waals surface area contributed by atoms with E-state index in [1.807, 2.05) is 62.6 Å². The third-order valence-electron chi connectivity index (χ3n) is 4.41. The van der Waals surface area contributed by atoms with Crippen molar-refractivity contribution in [2.75, 3.05) is 0 Å². The fourth-order valence-electron chi connectivity index (χ4n) is 3.74. The molecule has 4 nitrogen and oxygen atoms in total. The van der Waals surface area contributed by atoms with Gasteiger partial charge in [0, 0.05) is 11.6 Å². The number of hydrogen-bond donors (Lipinski definition) is 0. The lowest BCUT2D eigenvalue weighted by molar-refractivity contribution is -0.106. The molecule has 112 valence electrons. The van der Waals surface area contributed by atoms with Gasteiger partial charge in [0.15, 0.2) is 0 Å². The topological polar surface area (TPSA) is 43.6 Å². The van der Waals surface area contributed by atoms with Crippen LogP contribution in [-0.2, 0) is 15.9 Å². The van der Waals surface area contributed by atoms with Gasteiger partial charge in [-0.2, -0.15) is 4.98 Å². The van der Waals surface area contributed by atoms with Crippen LogP contribution in [0.1, 0.15) is 39.0 Å². The SMILES string of the molecule is CC1(C)OC(C)(C)c2c1c(=O)nc1c3ccccc3ccn21. The summed E-state index contributed by atoms with van der Waals surface area (Å²) in [5, 5.41) is 2.05. The van der Waals surface area contributed by atoms with E-state index >= 15 is 0 Å². The monoisotopic (exact) mass is 294 g/mol. The zero-order valence-corrected chi connectivity index (χ0v) is 13.2. The number of aromatic nitrogens is 2. The first-order valence-corrected chi connectivity index (χ1v) is 7.46. The van der Waals surface area contributed by atoms with Crippen molar-refractivity contribution in [2.24, 2.45) is 0 Å². The highest BCUT2D eigenvalue weighted by Crippen LogP contribution is 2.45. The van der Waals surface area contributed by atoms with Gasteiger partial charge < -0.3 is 9.14 Å².